The maximum absolute atomic E-state index is 13.2. The summed E-state index contributed by atoms with van der Waals surface area (Å²) in [6, 6.07) is 11.6. The Morgan fingerprint density at radius 3 is 2.06 bits per heavy atom. The predicted molar refractivity (Wildman–Crippen MR) is 144 cm³/mol. The molecule has 0 aromatic heterocycles. The number of rotatable bonds is 13. The fourth-order valence-corrected chi connectivity index (χ4v) is 3.93. The molecule has 0 unspecified atom stereocenters. The summed E-state index contributed by atoms with van der Waals surface area (Å²) >= 11 is 0. The molecular weight excluding hydrogens is 466 g/mol. The molecule has 0 bridgehead atoms. The molecule has 2 aromatic rings. The molecule has 0 saturated carbocycles. The fraction of sp³-hybridized carbons (Fsp3) is 0.481. The Hall–Kier alpha value is -2.93. The van der Waals surface area contributed by atoms with Gasteiger partial charge >= 0.3 is 0 Å². The second-order valence-corrected chi connectivity index (χ2v) is 8.82. The van der Waals surface area contributed by atoms with Gasteiger partial charge in [-0.3, -0.25) is 4.79 Å². The van der Waals surface area contributed by atoms with E-state index in [1.54, 1.807) is 19.4 Å². The molecule has 2 rings (SSSR count). The summed E-state index contributed by atoms with van der Waals surface area (Å²) in [6.45, 7) is 11.3. The van der Waals surface area contributed by atoms with Gasteiger partial charge in [-0.1, -0.05) is 0 Å². The van der Waals surface area contributed by atoms with Crippen LogP contribution in [0.3, 0.4) is 0 Å². The molecular formula is C27H40ClN3O4. The molecule has 0 aliphatic carbocycles. The zero-order valence-corrected chi connectivity index (χ0v) is 22.6. The molecule has 0 atom stereocenters. The maximum Gasteiger partial charge on any atom is 0.258 e. The standard InChI is InChI=1S/C27H39N3O4.ClH/c1-19(2)30(20(3)4)27(31)26-21(5)16-24(17-25(26)32-6)34-15-9-7-8-14-33-23-12-10-22(11-13-23)18-29-28;/h10-13,16-20H,7-9,14-15,28H2,1-6H3;1H. The van der Waals surface area contributed by atoms with Gasteiger partial charge in [0.05, 0.1) is 32.1 Å². The van der Waals surface area contributed by atoms with Crippen molar-refractivity contribution in [3.8, 4) is 17.2 Å². The van der Waals surface area contributed by atoms with Gasteiger partial charge in [0.1, 0.15) is 17.2 Å². The van der Waals surface area contributed by atoms with E-state index in [4.69, 9.17) is 20.1 Å². The Kier molecular flexibility index (Phi) is 13.0. The number of hydrazone groups is 1. The summed E-state index contributed by atoms with van der Waals surface area (Å²) in [4.78, 5) is 15.1. The second kappa shape index (κ2) is 15.1. The van der Waals surface area contributed by atoms with Crippen molar-refractivity contribution in [1.82, 2.24) is 4.90 Å². The predicted octanol–water partition coefficient (Wildman–Crippen LogP) is 5.61. The average Bonchev–Trinajstić information content (AvgIpc) is 2.78. The number of hydrogen-bond acceptors (Lipinski definition) is 6. The summed E-state index contributed by atoms with van der Waals surface area (Å²) in [7, 11) is 1.59. The van der Waals surface area contributed by atoms with E-state index in [2.05, 4.69) is 5.10 Å². The number of nitrogens with zero attached hydrogens (tertiary/aromatic N) is 2. The molecule has 0 spiro atoms. The Balaban J connectivity index is 0.00000612. The summed E-state index contributed by atoms with van der Waals surface area (Å²) in [5.74, 6) is 7.22. The SMILES string of the molecule is COc1cc(OCCCCCOc2ccc(C=NN)cc2)cc(C)c1C(=O)N(C(C)C)C(C)C.Cl. The normalized spacial score (nSPS) is 11.0. The Morgan fingerprint density at radius 1 is 0.971 bits per heavy atom. The van der Waals surface area contributed by atoms with Crippen molar-refractivity contribution in [2.24, 2.45) is 10.9 Å². The zero-order chi connectivity index (χ0) is 25.1. The zero-order valence-electron chi connectivity index (χ0n) is 21.7. The van der Waals surface area contributed by atoms with Crippen LogP contribution in [0.1, 0.15) is 68.4 Å². The van der Waals surface area contributed by atoms with Gasteiger partial charge in [-0.05, 0) is 95.3 Å². The minimum atomic E-state index is -0.0203. The van der Waals surface area contributed by atoms with E-state index in [0.29, 0.717) is 30.3 Å². The molecule has 0 aliphatic heterocycles. The smallest absolute Gasteiger partial charge is 0.258 e. The molecule has 0 heterocycles. The number of methoxy groups -OCH3 is 1. The Bertz CT molecular complexity index is 938. The van der Waals surface area contributed by atoms with Crippen molar-refractivity contribution in [3.63, 3.8) is 0 Å². The van der Waals surface area contributed by atoms with Crippen LogP contribution in [0.15, 0.2) is 41.5 Å². The highest BCUT2D eigenvalue weighted by Gasteiger charge is 2.26. The minimum absolute atomic E-state index is 0. The lowest BCUT2D eigenvalue weighted by Gasteiger charge is -2.32. The summed E-state index contributed by atoms with van der Waals surface area (Å²) < 4.78 is 17.3. The fourth-order valence-electron chi connectivity index (χ4n) is 3.93. The first-order valence-corrected chi connectivity index (χ1v) is 11.9. The van der Waals surface area contributed by atoms with Crippen LogP contribution in [0.5, 0.6) is 17.2 Å². The van der Waals surface area contributed by atoms with Crippen LogP contribution in [0.2, 0.25) is 0 Å². The number of nitrogens with two attached hydrogens (primary N) is 1. The molecule has 0 aliphatic rings. The van der Waals surface area contributed by atoms with Crippen molar-refractivity contribution in [1.29, 1.82) is 0 Å². The van der Waals surface area contributed by atoms with E-state index in [1.165, 1.54) is 0 Å². The number of hydrogen-bond donors (Lipinski definition) is 1. The first kappa shape index (κ1) is 30.1. The monoisotopic (exact) mass is 505 g/mol. The second-order valence-electron chi connectivity index (χ2n) is 8.82. The van der Waals surface area contributed by atoms with Crippen LogP contribution in [0.4, 0.5) is 0 Å². The van der Waals surface area contributed by atoms with Crippen LogP contribution in [0, 0.1) is 6.92 Å². The van der Waals surface area contributed by atoms with Crippen LogP contribution < -0.4 is 20.1 Å². The first-order chi connectivity index (χ1) is 16.3. The van der Waals surface area contributed by atoms with Gasteiger partial charge < -0.3 is 25.0 Å². The van der Waals surface area contributed by atoms with E-state index < -0.39 is 0 Å². The number of carbonyl (C=O) groups excluding carboxylic acids is 1. The maximum atomic E-state index is 13.2. The van der Waals surface area contributed by atoms with Crippen molar-refractivity contribution in [3.05, 3.63) is 53.1 Å². The molecule has 1 amide bonds. The van der Waals surface area contributed by atoms with E-state index >= 15 is 0 Å². The van der Waals surface area contributed by atoms with E-state index in [0.717, 1.165) is 36.1 Å². The van der Waals surface area contributed by atoms with Crippen molar-refractivity contribution >= 4 is 24.5 Å². The highest BCUT2D eigenvalue weighted by atomic mass is 35.5. The Morgan fingerprint density at radius 2 is 1.54 bits per heavy atom. The largest absolute Gasteiger partial charge is 0.496 e. The first-order valence-electron chi connectivity index (χ1n) is 11.9. The van der Waals surface area contributed by atoms with Gasteiger partial charge in [-0.25, -0.2) is 0 Å². The van der Waals surface area contributed by atoms with Crippen molar-refractivity contribution < 1.29 is 19.0 Å². The summed E-state index contributed by atoms with van der Waals surface area (Å²) in [5, 5.41) is 3.51. The van der Waals surface area contributed by atoms with Gasteiger partial charge in [0.25, 0.3) is 5.91 Å². The number of ether oxygens (including phenoxy) is 3. The lowest BCUT2D eigenvalue weighted by Crippen LogP contribution is -2.42. The van der Waals surface area contributed by atoms with Crippen LogP contribution in [-0.4, -0.2) is 49.4 Å². The van der Waals surface area contributed by atoms with Gasteiger partial charge in [0.15, 0.2) is 0 Å². The van der Waals surface area contributed by atoms with Crippen molar-refractivity contribution in [2.75, 3.05) is 20.3 Å². The van der Waals surface area contributed by atoms with Crippen LogP contribution in [0.25, 0.3) is 0 Å². The number of carbonyl (C=O) groups is 1. The molecule has 2 N–H and O–H groups in total. The van der Waals surface area contributed by atoms with E-state index in [-0.39, 0.29) is 30.4 Å². The van der Waals surface area contributed by atoms with Crippen molar-refractivity contribution in [2.45, 2.75) is 66.0 Å². The van der Waals surface area contributed by atoms with Gasteiger partial charge in [-0.15, -0.1) is 12.4 Å². The Labute approximate surface area is 216 Å². The molecule has 7 nitrogen and oxygen atoms in total. The molecule has 8 heteroatoms. The highest BCUT2D eigenvalue weighted by Crippen LogP contribution is 2.31. The molecule has 194 valence electrons. The summed E-state index contributed by atoms with van der Waals surface area (Å²) in [6.07, 6.45) is 4.43. The molecule has 0 radical (unpaired) electrons. The highest BCUT2D eigenvalue weighted by molar-refractivity contribution is 5.99. The lowest BCUT2D eigenvalue weighted by molar-refractivity contribution is 0.0639. The topological polar surface area (TPSA) is 86.4 Å². The molecule has 35 heavy (non-hydrogen) atoms. The lowest BCUT2D eigenvalue weighted by atomic mass is 10.0. The number of benzene rings is 2. The third-order valence-electron chi connectivity index (χ3n) is 5.48. The third kappa shape index (κ3) is 8.98. The van der Waals surface area contributed by atoms with Gasteiger partial charge in [-0.2, -0.15) is 5.10 Å². The molecule has 0 fully saturated rings. The van der Waals surface area contributed by atoms with Crippen LogP contribution >= 0.6 is 12.4 Å². The van der Waals surface area contributed by atoms with Gasteiger partial charge in [0, 0.05) is 18.2 Å². The quantitative estimate of drug-likeness (QED) is 0.165. The third-order valence-corrected chi connectivity index (χ3v) is 5.48. The van der Waals surface area contributed by atoms with E-state index in [1.807, 2.05) is 69.9 Å². The summed E-state index contributed by atoms with van der Waals surface area (Å²) in [5.41, 5.74) is 2.38. The molecule has 2 aromatic carbocycles. The minimum Gasteiger partial charge on any atom is -0.496 e. The number of aryl methyl sites for hydroxylation is 1. The van der Waals surface area contributed by atoms with Gasteiger partial charge in [0.2, 0.25) is 0 Å². The number of amides is 1. The average molecular weight is 506 g/mol. The molecule has 0 saturated heterocycles. The number of unbranched alkanes of at least 4 members (excludes halogenated alkanes) is 2. The van der Waals surface area contributed by atoms with Crippen LogP contribution in [-0.2, 0) is 0 Å². The van der Waals surface area contributed by atoms with E-state index in [9.17, 15) is 4.79 Å². The number of halogens is 1.